The van der Waals surface area contributed by atoms with Crippen LogP contribution in [0.4, 0.5) is 4.79 Å². The quantitative estimate of drug-likeness (QED) is 0.901. The number of ether oxygens (including phenoxy) is 1. The van der Waals surface area contributed by atoms with E-state index >= 15 is 0 Å². The number of amides is 1. The molecule has 0 bridgehead atoms. The van der Waals surface area contributed by atoms with E-state index < -0.39 is 11.6 Å². The third kappa shape index (κ3) is 5.85. The van der Waals surface area contributed by atoms with Gasteiger partial charge >= 0.3 is 12.1 Å². The highest BCUT2D eigenvalue weighted by Gasteiger charge is 2.21. The largest absolute Gasteiger partial charge is 0.478 e. The lowest BCUT2D eigenvalue weighted by Crippen LogP contribution is -2.36. The van der Waals surface area contributed by atoms with Gasteiger partial charge in [-0.25, -0.2) is 9.59 Å². The summed E-state index contributed by atoms with van der Waals surface area (Å²) in [5, 5.41) is 9.00. The summed E-state index contributed by atoms with van der Waals surface area (Å²) in [5.74, 6) is -0.976. The van der Waals surface area contributed by atoms with Gasteiger partial charge in [0.2, 0.25) is 0 Å². The maximum atomic E-state index is 12.2. The second kappa shape index (κ2) is 7.11. The third-order valence-electron chi connectivity index (χ3n) is 2.69. The fourth-order valence-electron chi connectivity index (χ4n) is 1.85. The zero-order valence-corrected chi connectivity index (χ0v) is 13.0. The van der Waals surface area contributed by atoms with E-state index in [2.05, 4.69) is 0 Å². The fourth-order valence-corrected chi connectivity index (χ4v) is 1.85. The van der Waals surface area contributed by atoms with Crippen molar-refractivity contribution in [1.82, 2.24) is 4.90 Å². The van der Waals surface area contributed by atoms with Gasteiger partial charge in [-0.1, -0.05) is 19.1 Å². The number of carbonyl (C=O) groups excluding carboxylic acids is 1. The van der Waals surface area contributed by atoms with Gasteiger partial charge in [-0.15, -0.1) is 0 Å². The summed E-state index contributed by atoms with van der Waals surface area (Å²) in [6.45, 7) is 8.33. The van der Waals surface area contributed by atoms with Crippen molar-refractivity contribution < 1.29 is 19.4 Å². The smallest absolute Gasteiger partial charge is 0.410 e. The van der Waals surface area contributed by atoms with Gasteiger partial charge in [-0.2, -0.15) is 0 Å². The van der Waals surface area contributed by atoms with Gasteiger partial charge in [0.15, 0.2) is 0 Å². The van der Waals surface area contributed by atoms with Crippen molar-refractivity contribution in [2.75, 3.05) is 6.54 Å². The molecule has 0 unspecified atom stereocenters. The first kappa shape index (κ1) is 17.0. The molecule has 21 heavy (non-hydrogen) atoms. The van der Waals surface area contributed by atoms with Crippen molar-refractivity contribution in [2.24, 2.45) is 0 Å². The number of rotatable bonds is 5. The molecule has 116 valence electrons. The molecule has 1 aromatic carbocycles. The number of carboxylic acid groups (broad SMARTS) is 1. The zero-order valence-electron chi connectivity index (χ0n) is 13.0. The minimum atomic E-state index is -0.976. The Morgan fingerprint density at radius 2 is 1.95 bits per heavy atom. The Kier molecular flexibility index (Phi) is 5.76. The maximum absolute atomic E-state index is 12.2. The predicted molar refractivity (Wildman–Crippen MR) is 80.3 cm³/mol. The monoisotopic (exact) mass is 293 g/mol. The molecule has 1 rings (SSSR count). The molecule has 1 aromatic rings. The van der Waals surface area contributed by atoms with E-state index in [1.165, 1.54) is 6.07 Å². The molecule has 0 aliphatic heterocycles. The highest BCUT2D eigenvalue weighted by Crippen LogP contribution is 2.14. The molecule has 0 aliphatic carbocycles. The average molecular weight is 293 g/mol. The van der Waals surface area contributed by atoms with Crippen LogP contribution < -0.4 is 0 Å². The van der Waals surface area contributed by atoms with Crippen LogP contribution in [0.15, 0.2) is 24.3 Å². The van der Waals surface area contributed by atoms with Crippen LogP contribution in [0.2, 0.25) is 0 Å². The molecule has 0 aromatic heterocycles. The summed E-state index contributed by atoms with van der Waals surface area (Å²) < 4.78 is 5.37. The van der Waals surface area contributed by atoms with Gasteiger partial charge in [0.25, 0.3) is 0 Å². The highest BCUT2D eigenvalue weighted by molar-refractivity contribution is 5.87. The lowest BCUT2D eigenvalue weighted by atomic mass is 10.1. The van der Waals surface area contributed by atoms with E-state index in [0.29, 0.717) is 13.1 Å². The van der Waals surface area contributed by atoms with Crippen LogP contribution in [0.3, 0.4) is 0 Å². The molecule has 0 saturated heterocycles. The summed E-state index contributed by atoms with van der Waals surface area (Å²) >= 11 is 0. The van der Waals surface area contributed by atoms with E-state index in [-0.39, 0.29) is 11.7 Å². The number of nitrogens with zero attached hydrogens (tertiary/aromatic N) is 1. The molecule has 5 nitrogen and oxygen atoms in total. The first-order valence-corrected chi connectivity index (χ1v) is 7.03. The number of carbonyl (C=O) groups is 2. The molecule has 0 aliphatic rings. The Balaban J connectivity index is 2.85. The predicted octanol–water partition coefficient (Wildman–Crippen LogP) is 3.53. The Hall–Kier alpha value is -2.04. The van der Waals surface area contributed by atoms with Crippen LogP contribution in [0, 0.1) is 0 Å². The van der Waals surface area contributed by atoms with Crippen molar-refractivity contribution in [3.05, 3.63) is 35.4 Å². The molecule has 5 heteroatoms. The molecule has 0 saturated carbocycles. The average Bonchev–Trinajstić information content (AvgIpc) is 2.36. The Morgan fingerprint density at radius 3 is 2.48 bits per heavy atom. The van der Waals surface area contributed by atoms with Crippen LogP contribution in [-0.4, -0.2) is 34.2 Å². The Morgan fingerprint density at radius 1 is 1.29 bits per heavy atom. The lowest BCUT2D eigenvalue weighted by Gasteiger charge is -2.27. The van der Waals surface area contributed by atoms with Crippen LogP contribution in [0.25, 0.3) is 0 Å². The Bertz CT molecular complexity index is 505. The number of hydrogen-bond donors (Lipinski definition) is 1. The molecule has 0 radical (unpaired) electrons. The lowest BCUT2D eigenvalue weighted by molar-refractivity contribution is 0.0233. The zero-order chi connectivity index (χ0) is 16.0. The molecular weight excluding hydrogens is 270 g/mol. The fraction of sp³-hybridized carbons (Fsp3) is 0.500. The van der Waals surface area contributed by atoms with Crippen molar-refractivity contribution in [3.8, 4) is 0 Å². The van der Waals surface area contributed by atoms with Gasteiger partial charge in [0.1, 0.15) is 5.60 Å². The second-order valence-electron chi connectivity index (χ2n) is 5.91. The molecule has 0 heterocycles. The van der Waals surface area contributed by atoms with Crippen LogP contribution in [0.1, 0.15) is 50.0 Å². The van der Waals surface area contributed by atoms with Crippen molar-refractivity contribution in [1.29, 1.82) is 0 Å². The second-order valence-corrected chi connectivity index (χ2v) is 5.91. The van der Waals surface area contributed by atoms with Crippen LogP contribution in [0.5, 0.6) is 0 Å². The number of benzene rings is 1. The third-order valence-corrected chi connectivity index (χ3v) is 2.69. The molecule has 0 atom stereocenters. The van der Waals surface area contributed by atoms with Gasteiger partial charge in [-0.05, 0) is 44.9 Å². The molecule has 0 fully saturated rings. The molecule has 1 amide bonds. The molecule has 0 spiro atoms. The van der Waals surface area contributed by atoms with E-state index in [0.717, 1.165) is 12.0 Å². The number of aromatic carboxylic acids is 1. The minimum absolute atomic E-state index is 0.216. The normalized spacial score (nSPS) is 11.0. The van der Waals surface area contributed by atoms with E-state index in [1.807, 2.05) is 27.7 Å². The van der Waals surface area contributed by atoms with E-state index in [4.69, 9.17) is 9.84 Å². The summed E-state index contributed by atoms with van der Waals surface area (Å²) in [7, 11) is 0. The van der Waals surface area contributed by atoms with E-state index in [9.17, 15) is 9.59 Å². The molecule has 1 N–H and O–H groups in total. The summed E-state index contributed by atoms with van der Waals surface area (Å²) in [5.41, 5.74) is 0.439. The first-order valence-electron chi connectivity index (χ1n) is 7.03. The van der Waals surface area contributed by atoms with Gasteiger partial charge in [-0.3, -0.25) is 0 Å². The topological polar surface area (TPSA) is 66.8 Å². The van der Waals surface area contributed by atoms with Gasteiger partial charge in [0.05, 0.1) is 5.56 Å². The van der Waals surface area contributed by atoms with Crippen molar-refractivity contribution in [3.63, 3.8) is 0 Å². The van der Waals surface area contributed by atoms with Crippen molar-refractivity contribution >= 4 is 12.1 Å². The molecular formula is C16H23NO4. The van der Waals surface area contributed by atoms with E-state index in [1.54, 1.807) is 23.1 Å². The van der Waals surface area contributed by atoms with Crippen LogP contribution in [-0.2, 0) is 11.3 Å². The van der Waals surface area contributed by atoms with Crippen molar-refractivity contribution in [2.45, 2.75) is 46.3 Å². The summed E-state index contributed by atoms with van der Waals surface area (Å²) in [4.78, 5) is 24.7. The summed E-state index contributed by atoms with van der Waals surface area (Å²) in [6.07, 6.45) is 0.419. The van der Waals surface area contributed by atoms with Gasteiger partial charge < -0.3 is 14.7 Å². The standard InChI is InChI=1S/C16H23NO4/c1-5-9-17(15(20)21-16(2,3)4)11-12-7-6-8-13(10-12)14(18)19/h6-8,10H,5,9,11H2,1-4H3,(H,18,19). The van der Waals surface area contributed by atoms with Crippen LogP contribution >= 0.6 is 0 Å². The number of carboxylic acids is 1. The number of hydrogen-bond acceptors (Lipinski definition) is 3. The highest BCUT2D eigenvalue weighted by atomic mass is 16.6. The first-order chi connectivity index (χ1) is 9.73. The minimum Gasteiger partial charge on any atom is -0.478 e. The summed E-state index contributed by atoms with van der Waals surface area (Å²) in [6, 6.07) is 6.59. The van der Waals surface area contributed by atoms with Gasteiger partial charge in [0, 0.05) is 13.1 Å². The maximum Gasteiger partial charge on any atom is 0.410 e. The Labute approximate surface area is 125 Å². The SMILES string of the molecule is CCCN(Cc1cccc(C(=O)O)c1)C(=O)OC(C)(C)C.